The Kier molecular flexibility index (Phi) is 5.14. The van der Waals surface area contributed by atoms with Gasteiger partial charge in [0.15, 0.2) is 0 Å². The van der Waals surface area contributed by atoms with Gasteiger partial charge in [0.25, 0.3) is 11.1 Å². The van der Waals surface area contributed by atoms with Gasteiger partial charge in [0, 0.05) is 10.6 Å². The predicted molar refractivity (Wildman–Crippen MR) is 126 cm³/mol. The molecule has 1 saturated heterocycles. The van der Waals surface area contributed by atoms with Crippen LogP contribution in [0, 0.1) is 6.92 Å². The van der Waals surface area contributed by atoms with Crippen molar-refractivity contribution < 1.29 is 9.59 Å². The normalized spacial score (nSPS) is 20.9. The summed E-state index contributed by atoms with van der Waals surface area (Å²) in [4.78, 5) is 23.6. The fourth-order valence-corrected chi connectivity index (χ4v) is 5.40. The molecule has 0 atom stereocenters. The molecule has 0 spiro atoms. The number of hydrogen-bond donors (Lipinski definition) is 1. The molecule has 1 heterocycles. The molecule has 1 aliphatic carbocycles. The fourth-order valence-electron chi connectivity index (χ4n) is 4.42. The third-order valence-electron chi connectivity index (χ3n) is 6.42. The molecule has 1 aliphatic heterocycles. The lowest BCUT2D eigenvalue weighted by Crippen LogP contribution is -2.34. The van der Waals surface area contributed by atoms with Crippen LogP contribution in [0.5, 0.6) is 0 Å². The molecule has 156 valence electrons. The third kappa shape index (κ3) is 3.72. The minimum absolute atomic E-state index is 0.129. The van der Waals surface area contributed by atoms with Gasteiger partial charge in [-0.1, -0.05) is 57.5 Å². The number of thioether (sulfide) groups is 1. The van der Waals surface area contributed by atoms with Crippen molar-refractivity contribution in [2.45, 2.75) is 58.3 Å². The maximum Gasteiger partial charge on any atom is 0.290 e. The second kappa shape index (κ2) is 7.28. The number of imide groups is 1. The Bertz CT molecular complexity index is 1110. The Morgan fingerprint density at radius 1 is 0.967 bits per heavy atom. The van der Waals surface area contributed by atoms with E-state index in [1.54, 1.807) is 6.08 Å². The van der Waals surface area contributed by atoms with Gasteiger partial charge < -0.3 is 0 Å². The summed E-state index contributed by atoms with van der Waals surface area (Å²) in [5.74, 6) is -0.361. The number of carbonyl (C=O) groups is 2. The Hall–Kier alpha value is -2.04. The lowest BCUT2D eigenvalue weighted by molar-refractivity contribution is -0.115. The van der Waals surface area contributed by atoms with E-state index in [1.807, 2.05) is 18.2 Å². The molecule has 5 heteroatoms. The number of carbonyl (C=O) groups excluding carboxylic acids is 2. The van der Waals surface area contributed by atoms with E-state index in [2.05, 4.69) is 52.1 Å². The number of rotatable bonds is 2. The maximum atomic E-state index is 11.8. The van der Waals surface area contributed by atoms with Crippen LogP contribution in [0.4, 0.5) is 4.79 Å². The molecule has 0 bridgehead atoms. The second-order valence-corrected chi connectivity index (χ2v) is 11.0. The SMILES string of the molecule is Cc1cc2c(cc1-c1ccc(/C=C3/SC(=O)NC3=O)cc1Cl)C(C)(C)CCC2(C)C. The third-order valence-corrected chi connectivity index (χ3v) is 7.54. The molecule has 2 aromatic rings. The van der Waals surface area contributed by atoms with Crippen molar-refractivity contribution in [1.82, 2.24) is 5.32 Å². The largest absolute Gasteiger partial charge is 0.290 e. The van der Waals surface area contributed by atoms with Crippen LogP contribution >= 0.6 is 23.4 Å². The number of amides is 2. The number of halogens is 1. The van der Waals surface area contributed by atoms with E-state index in [4.69, 9.17) is 11.6 Å². The number of hydrogen-bond acceptors (Lipinski definition) is 3. The molecular weight excluding hydrogens is 414 g/mol. The summed E-state index contributed by atoms with van der Waals surface area (Å²) >= 11 is 7.60. The summed E-state index contributed by atoms with van der Waals surface area (Å²) in [6.07, 6.45) is 4.05. The van der Waals surface area contributed by atoms with Gasteiger partial charge in [0.2, 0.25) is 0 Å². The lowest BCUT2D eigenvalue weighted by Gasteiger charge is -2.42. The van der Waals surface area contributed by atoms with E-state index in [0.717, 1.165) is 34.9 Å². The van der Waals surface area contributed by atoms with Crippen LogP contribution in [-0.2, 0) is 15.6 Å². The van der Waals surface area contributed by atoms with Gasteiger partial charge in [0.05, 0.1) is 4.91 Å². The Morgan fingerprint density at radius 3 is 2.17 bits per heavy atom. The first-order chi connectivity index (χ1) is 14.0. The number of fused-ring (bicyclic) bond motifs is 1. The van der Waals surface area contributed by atoms with Crippen LogP contribution < -0.4 is 5.32 Å². The molecule has 4 rings (SSSR count). The van der Waals surface area contributed by atoms with Gasteiger partial charge in [0.1, 0.15) is 0 Å². The molecule has 1 N–H and O–H groups in total. The van der Waals surface area contributed by atoms with Crippen molar-refractivity contribution >= 4 is 40.6 Å². The molecule has 0 radical (unpaired) electrons. The standard InChI is InChI=1S/C25H26ClNO2S/c1-14-10-18-19(25(4,5)9-8-24(18,2)3)13-17(14)16-7-6-15(11-20(16)26)12-21-22(28)27-23(29)30-21/h6-7,10-13H,8-9H2,1-5H3,(H,27,28,29)/b21-12+. The monoisotopic (exact) mass is 439 g/mol. The van der Waals surface area contributed by atoms with Crippen molar-refractivity contribution in [3.8, 4) is 11.1 Å². The van der Waals surface area contributed by atoms with Crippen molar-refractivity contribution in [2.24, 2.45) is 0 Å². The first-order valence-electron chi connectivity index (χ1n) is 10.2. The summed E-state index contributed by atoms with van der Waals surface area (Å²) in [6.45, 7) is 11.4. The van der Waals surface area contributed by atoms with E-state index in [0.29, 0.717) is 9.93 Å². The average molecular weight is 440 g/mol. The lowest BCUT2D eigenvalue weighted by atomic mass is 9.62. The summed E-state index contributed by atoms with van der Waals surface area (Å²) in [5, 5.41) is 2.56. The highest BCUT2D eigenvalue weighted by Crippen LogP contribution is 2.48. The molecule has 2 aliphatic rings. The van der Waals surface area contributed by atoms with Crippen molar-refractivity contribution in [1.29, 1.82) is 0 Å². The zero-order valence-electron chi connectivity index (χ0n) is 18.0. The Labute approximate surface area is 187 Å². The molecule has 2 amide bonds. The van der Waals surface area contributed by atoms with E-state index in [9.17, 15) is 9.59 Å². The molecule has 0 aromatic heterocycles. The predicted octanol–water partition coefficient (Wildman–Crippen LogP) is 6.99. The fraction of sp³-hybridized carbons (Fsp3) is 0.360. The van der Waals surface area contributed by atoms with Crippen LogP contribution in [0.3, 0.4) is 0 Å². The zero-order chi connectivity index (χ0) is 21.8. The highest BCUT2D eigenvalue weighted by Gasteiger charge is 2.37. The number of benzene rings is 2. The number of nitrogens with one attached hydrogen (secondary N) is 1. The van der Waals surface area contributed by atoms with Crippen molar-refractivity contribution in [2.75, 3.05) is 0 Å². The van der Waals surface area contributed by atoms with E-state index < -0.39 is 0 Å². The van der Waals surface area contributed by atoms with Crippen LogP contribution in [-0.4, -0.2) is 11.1 Å². The van der Waals surface area contributed by atoms with E-state index in [1.165, 1.54) is 23.1 Å². The smallest absolute Gasteiger partial charge is 0.282 e. The zero-order valence-corrected chi connectivity index (χ0v) is 19.6. The minimum Gasteiger partial charge on any atom is -0.282 e. The van der Waals surface area contributed by atoms with E-state index >= 15 is 0 Å². The average Bonchev–Trinajstić information content (AvgIpc) is 2.96. The highest BCUT2D eigenvalue weighted by atomic mass is 35.5. The van der Waals surface area contributed by atoms with Gasteiger partial charge >= 0.3 is 0 Å². The molecule has 1 fully saturated rings. The second-order valence-electron chi connectivity index (χ2n) is 9.57. The van der Waals surface area contributed by atoms with Gasteiger partial charge in [-0.2, -0.15) is 0 Å². The topological polar surface area (TPSA) is 46.2 Å². The van der Waals surface area contributed by atoms with Crippen LogP contribution in [0.15, 0.2) is 35.2 Å². The number of aryl methyl sites for hydroxylation is 1. The molecule has 0 saturated carbocycles. The Balaban J connectivity index is 1.77. The first-order valence-corrected chi connectivity index (χ1v) is 11.4. The molecule has 3 nitrogen and oxygen atoms in total. The van der Waals surface area contributed by atoms with Gasteiger partial charge in [-0.3, -0.25) is 14.9 Å². The van der Waals surface area contributed by atoms with Gasteiger partial charge in [-0.05, 0) is 88.4 Å². The first kappa shape index (κ1) is 21.2. The van der Waals surface area contributed by atoms with Crippen molar-refractivity contribution in [3.63, 3.8) is 0 Å². The molecule has 30 heavy (non-hydrogen) atoms. The van der Waals surface area contributed by atoms with Crippen LogP contribution in [0.25, 0.3) is 17.2 Å². The molecule has 2 aromatic carbocycles. The van der Waals surface area contributed by atoms with Crippen LogP contribution in [0.1, 0.15) is 62.8 Å². The quantitative estimate of drug-likeness (QED) is 0.513. The highest BCUT2D eigenvalue weighted by molar-refractivity contribution is 8.18. The van der Waals surface area contributed by atoms with E-state index in [-0.39, 0.29) is 22.0 Å². The van der Waals surface area contributed by atoms with Crippen LogP contribution in [0.2, 0.25) is 5.02 Å². The van der Waals surface area contributed by atoms with Crippen molar-refractivity contribution in [3.05, 3.63) is 62.5 Å². The van der Waals surface area contributed by atoms with Gasteiger partial charge in [-0.25, -0.2) is 0 Å². The molecule has 0 unspecified atom stereocenters. The summed E-state index contributed by atoms with van der Waals surface area (Å²) in [7, 11) is 0. The summed E-state index contributed by atoms with van der Waals surface area (Å²) in [6, 6.07) is 10.5. The summed E-state index contributed by atoms with van der Waals surface area (Å²) in [5.41, 5.74) is 7.28. The minimum atomic E-state index is -0.361. The molecular formula is C25H26ClNO2S. The van der Waals surface area contributed by atoms with Gasteiger partial charge in [-0.15, -0.1) is 0 Å². The Morgan fingerprint density at radius 2 is 1.60 bits per heavy atom. The maximum absolute atomic E-state index is 11.8. The summed E-state index contributed by atoms with van der Waals surface area (Å²) < 4.78 is 0.